The minimum absolute atomic E-state index is 0.190. The summed E-state index contributed by atoms with van der Waals surface area (Å²) in [5.74, 6) is 1.52. The van der Waals surface area contributed by atoms with Crippen LogP contribution in [0.2, 0.25) is 0 Å². The second-order valence-corrected chi connectivity index (χ2v) is 14.8. The smallest absolute Gasteiger partial charge is 0.0681 e. The number of hydrogen-bond acceptors (Lipinski definition) is 4. The van der Waals surface area contributed by atoms with Crippen LogP contribution >= 0.6 is 11.9 Å². The quantitative estimate of drug-likeness (QED) is 0.155. The summed E-state index contributed by atoms with van der Waals surface area (Å²) in [5.41, 5.74) is 6.16. The molecule has 0 aromatic heterocycles. The van der Waals surface area contributed by atoms with Gasteiger partial charge < -0.3 is 15.4 Å². The molecule has 0 unspecified atom stereocenters. The van der Waals surface area contributed by atoms with Crippen molar-refractivity contribution in [1.82, 2.24) is 0 Å². The Kier molecular flexibility index (Phi) is 13.2. The maximum atomic E-state index is 4.70. The molecule has 2 aliphatic carbocycles. The standard InChI is InChI=1S/C40H61N3S/c1-7-33(8-2)29-39(25-17-11-18-26-39)31(5)41-35-21-13-14-22-36(35)43-44-38-24-16-15-23-37(38)42-32(6)40(27-19-12-20-28-40)30-34(9-3)10-4/h13-16,21-24,33-34,41-43H,5-12,17-20,25-30H2,1-4H3. The van der Waals surface area contributed by atoms with E-state index in [2.05, 4.69) is 91.6 Å². The van der Waals surface area contributed by atoms with Crippen molar-refractivity contribution >= 4 is 29.0 Å². The largest absolute Gasteiger partial charge is 0.358 e. The molecular weight excluding hydrogens is 555 g/mol. The van der Waals surface area contributed by atoms with Gasteiger partial charge >= 0.3 is 0 Å². The van der Waals surface area contributed by atoms with Crippen LogP contribution in [0.25, 0.3) is 0 Å². The van der Waals surface area contributed by atoms with Gasteiger partial charge in [-0.2, -0.15) is 0 Å². The van der Waals surface area contributed by atoms with Crippen LogP contribution in [0.3, 0.4) is 0 Å². The molecule has 2 saturated carbocycles. The van der Waals surface area contributed by atoms with Crippen LogP contribution in [0.4, 0.5) is 17.1 Å². The zero-order valence-corrected chi connectivity index (χ0v) is 29.2. The van der Waals surface area contributed by atoms with Gasteiger partial charge in [-0.25, -0.2) is 0 Å². The molecule has 0 amide bonds. The molecule has 4 rings (SSSR count). The molecule has 2 fully saturated rings. The SMILES string of the molecule is C=C(Nc1ccccc1NSc1ccccc1NC(=C)C1(CC(CC)CC)CCCCC1)C1(CC(CC)CC)CCCCC1. The van der Waals surface area contributed by atoms with Crippen molar-refractivity contribution in [2.45, 2.75) is 135 Å². The molecule has 3 N–H and O–H groups in total. The van der Waals surface area contributed by atoms with E-state index in [1.165, 1.54) is 119 Å². The average Bonchev–Trinajstić information content (AvgIpc) is 3.07. The van der Waals surface area contributed by atoms with Crippen LogP contribution in [0, 0.1) is 22.7 Å². The fraction of sp³-hybridized carbons (Fsp3) is 0.600. The van der Waals surface area contributed by atoms with Crippen LogP contribution in [0.1, 0.15) is 130 Å². The molecular formula is C40H61N3S. The normalized spacial score (nSPS) is 17.8. The van der Waals surface area contributed by atoms with Crippen molar-refractivity contribution in [2.24, 2.45) is 22.7 Å². The van der Waals surface area contributed by atoms with Gasteiger partial charge in [-0.15, -0.1) is 0 Å². The lowest BCUT2D eigenvalue weighted by molar-refractivity contribution is 0.182. The fourth-order valence-electron chi connectivity index (χ4n) is 8.02. The van der Waals surface area contributed by atoms with E-state index in [0.29, 0.717) is 0 Å². The van der Waals surface area contributed by atoms with Crippen molar-refractivity contribution < 1.29 is 0 Å². The molecule has 0 bridgehead atoms. The zero-order valence-electron chi connectivity index (χ0n) is 28.4. The van der Waals surface area contributed by atoms with Crippen molar-refractivity contribution in [1.29, 1.82) is 0 Å². The van der Waals surface area contributed by atoms with Crippen LogP contribution in [-0.2, 0) is 0 Å². The van der Waals surface area contributed by atoms with Gasteiger partial charge in [0.1, 0.15) is 0 Å². The monoisotopic (exact) mass is 615 g/mol. The van der Waals surface area contributed by atoms with Crippen LogP contribution in [0.5, 0.6) is 0 Å². The Morgan fingerprint density at radius 1 is 0.614 bits per heavy atom. The maximum absolute atomic E-state index is 4.70. The van der Waals surface area contributed by atoms with Gasteiger partial charge in [0.15, 0.2) is 0 Å². The fourth-order valence-corrected chi connectivity index (χ4v) is 8.79. The number of rotatable bonds is 17. The van der Waals surface area contributed by atoms with Crippen LogP contribution in [0.15, 0.2) is 78.0 Å². The van der Waals surface area contributed by atoms with Crippen molar-refractivity contribution in [3.8, 4) is 0 Å². The molecule has 2 aliphatic rings. The number of allylic oxidation sites excluding steroid dienone is 2. The third kappa shape index (κ3) is 8.68. The third-order valence-electron chi connectivity index (χ3n) is 11.2. The Bertz CT molecular complexity index is 1090. The van der Waals surface area contributed by atoms with E-state index in [1.807, 2.05) is 0 Å². The summed E-state index contributed by atoms with van der Waals surface area (Å²) in [6.45, 7) is 18.8. The molecule has 0 radical (unpaired) electrons. The highest BCUT2D eigenvalue weighted by Gasteiger charge is 2.38. The minimum Gasteiger partial charge on any atom is -0.358 e. The number of hydrogen-bond donors (Lipinski definition) is 3. The van der Waals surface area contributed by atoms with Crippen molar-refractivity contribution in [3.63, 3.8) is 0 Å². The highest BCUT2D eigenvalue weighted by atomic mass is 32.2. The molecule has 2 aromatic rings. The first-order valence-corrected chi connectivity index (χ1v) is 18.7. The first-order chi connectivity index (χ1) is 21.4. The second-order valence-electron chi connectivity index (χ2n) is 13.9. The summed E-state index contributed by atoms with van der Waals surface area (Å²) in [5, 5.41) is 7.68. The molecule has 0 atom stereocenters. The minimum atomic E-state index is 0.190. The maximum Gasteiger partial charge on any atom is 0.0681 e. The number of para-hydroxylation sites is 3. The summed E-state index contributed by atoms with van der Waals surface area (Å²) >= 11 is 1.68. The zero-order chi connectivity index (χ0) is 31.4. The van der Waals surface area contributed by atoms with Gasteiger partial charge in [-0.1, -0.05) is 129 Å². The molecule has 2 aromatic carbocycles. The number of anilines is 3. The van der Waals surface area contributed by atoms with Crippen molar-refractivity contribution in [3.05, 3.63) is 73.1 Å². The van der Waals surface area contributed by atoms with Crippen molar-refractivity contribution in [2.75, 3.05) is 15.4 Å². The Labute approximate surface area is 274 Å². The summed E-state index contributed by atoms with van der Waals surface area (Å²) in [7, 11) is 0. The summed E-state index contributed by atoms with van der Waals surface area (Å²) < 4.78 is 3.71. The van der Waals surface area contributed by atoms with Crippen LogP contribution < -0.4 is 15.4 Å². The van der Waals surface area contributed by atoms with Gasteiger partial charge in [0.05, 0.1) is 22.0 Å². The van der Waals surface area contributed by atoms with Gasteiger partial charge in [0, 0.05) is 22.2 Å². The van der Waals surface area contributed by atoms with Gasteiger partial charge in [-0.3, -0.25) is 0 Å². The van der Waals surface area contributed by atoms with E-state index in [-0.39, 0.29) is 10.8 Å². The highest BCUT2D eigenvalue weighted by molar-refractivity contribution is 8.00. The lowest BCUT2D eigenvalue weighted by Crippen LogP contribution is -2.32. The Morgan fingerprint density at radius 3 is 1.50 bits per heavy atom. The predicted molar refractivity (Wildman–Crippen MR) is 196 cm³/mol. The summed E-state index contributed by atoms with van der Waals surface area (Å²) in [6, 6.07) is 17.3. The first-order valence-electron chi connectivity index (χ1n) is 17.9. The van der Waals surface area contributed by atoms with Gasteiger partial charge in [0.2, 0.25) is 0 Å². The highest BCUT2D eigenvalue weighted by Crippen LogP contribution is 2.49. The summed E-state index contributed by atoms with van der Waals surface area (Å²) in [4.78, 5) is 1.19. The van der Waals surface area contributed by atoms with E-state index in [9.17, 15) is 0 Å². The number of benzene rings is 2. The Balaban J connectivity index is 1.48. The average molecular weight is 616 g/mol. The molecule has 44 heavy (non-hydrogen) atoms. The van der Waals surface area contributed by atoms with E-state index < -0.39 is 0 Å². The molecule has 3 nitrogen and oxygen atoms in total. The molecule has 0 heterocycles. The van der Waals surface area contributed by atoms with E-state index in [1.54, 1.807) is 11.9 Å². The Morgan fingerprint density at radius 2 is 1.02 bits per heavy atom. The lowest BCUT2D eigenvalue weighted by Gasteiger charge is -2.42. The van der Waals surface area contributed by atoms with E-state index in [0.717, 1.165) is 28.9 Å². The molecule has 4 heteroatoms. The molecule has 242 valence electrons. The first kappa shape index (κ1) is 34.5. The predicted octanol–water partition coefficient (Wildman–Crippen LogP) is 13.2. The lowest BCUT2D eigenvalue weighted by atomic mass is 9.66. The third-order valence-corrected chi connectivity index (χ3v) is 12.1. The number of nitrogens with one attached hydrogen (secondary N) is 3. The second kappa shape index (κ2) is 16.8. The summed E-state index contributed by atoms with van der Waals surface area (Å²) in [6.07, 6.45) is 20.5. The Hall–Kier alpha value is -2.33. The van der Waals surface area contributed by atoms with E-state index >= 15 is 0 Å². The topological polar surface area (TPSA) is 36.1 Å². The van der Waals surface area contributed by atoms with Gasteiger partial charge in [0.25, 0.3) is 0 Å². The molecule has 0 saturated heterocycles. The molecule has 0 spiro atoms. The molecule has 0 aliphatic heterocycles. The van der Waals surface area contributed by atoms with Crippen LogP contribution in [-0.4, -0.2) is 0 Å². The van der Waals surface area contributed by atoms with Gasteiger partial charge in [-0.05, 0) is 86.6 Å². The van der Waals surface area contributed by atoms with E-state index in [4.69, 9.17) is 13.2 Å².